The van der Waals surface area contributed by atoms with Crippen LogP contribution in [0.15, 0.2) is 133 Å². The number of nitrogens with zero attached hydrogens (tertiary/aromatic N) is 6. The number of likely N-dealkylation sites (N-methyl/N-ethyl adjacent to an activating group) is 2. The number of aliphatic carboxylic acids is 2. The molecule has 0 atom stereocenters. The molecule has 24 heteroatoms. The number of halogens is 8. The highest BCUT2D eigenvalue weighted by Gasteiger charge is 2.30. The van der Waals surface area contributed by atoms with Gasteiger partial charge in [-0.25, -0.2) is 8.78 Å². The Hall–Kier alpha value is -7.68. The van der Waals surface area contributed by atoms with Gasteiger partial charge in [-0.2, -0.15) is 26.3 Å². The van der Waals surface area contributed by atoms with Crippen LogP contribution in [0.3, 0.4) is 0 Å². The van der Waals surface area contributed by atoms with Gasteiger partial charge in [0.15, 0.2) is 0 Å². The van der Waals surface area contributed by atoms with Crippen molar-refractivity contribution in [2.75, 3.05) is 133 Å². The summed E-state index contributed by atoms with van der Waals surface area (Å²) in [5, 5.41) is 30.4. The van der Waals surface area contributed by atoms with Gasteiger partial charge in [0.1, 0.15) is 23.6 Å². The largest absolute Gasteiger partial charge is 0.542 e. The molecule has 6 aromatic carbocycles. The van der Waals surface area contributed by atoms with Gasteiger partial charge in [0.25, 0.3) is 11.8 Å². The van der Waals surface area contributed by atoms with Crippen LogP contribution in [0.2, 0.25) is 0 Å². The monoisotopic (exact) mass is 1290 g/mol. The fourth-order valence-electron chi connectivity index (χ4n) is 10.9. The van der Waals surface area contributed by atoms with Crippen molar-refractivity contribution in [2.45, 2.75) is 51.6 Å². The molecule has 0 aromatic heterocycles. The van der Waals surface area contributed by atoms with Crippen molar-refractivity contribution in [3.05, 3.63) is 190 Å². The number of amides is 2. The maximum Gasteiger partial charge on any atom is 0.430 e. The van der Waals surface area contributed by atoms with E-state index in [-0.39, 0.29) is 23.4 Å². The van der Waals surface area contributed by atoms with Gasteiger partial charge in [-0.15, -0.1) is 0 Å². The lowest BCUT2D eigenvalue weighted by Crippen LogP contribution is -2.54. The van der Waals surface area contributed by atoms with Crippen molar-refractivity contribution < 1.29 is 73.5 Å². The number of carboxylic acids is 2. The van der Waals surface area contributed by atoms with Crippen LogP contribution in [0.4, 0.5) is 35.1 Å². The van der Waals surface area contributed by atoms with E-state index >= 15 is 0 Å². The minimum Gasteiger partial charge on any atom is -0.542 e. The van der Waals surface area contributed by atoms with E-state index in [1.165, 1.54) is 23.3 Å². The Labute approximate surface area is 532 Å². The van der Waals surface area contributed by atoms with E-state index in [1.807, 2.05) is 72.8 Å². The second-order valence-corrected chi connectivity index (χ2v) is 24.7. The average molecular weight is 1290 g/mol. The summed E-state index contributed by atoms with van der Waals surface area (Å²) in [5.74, 6) is -6.75. The van der Waals surface area contributed by atoms with E-state index in [2.05, 4.69) is 105 Å². The van der Waals surface area contributed by atoms with Gasteiger partial charge in [0, 0.05) is 140 Å². The van der Waals surface area contributed by atoms with E-state index in [9.17, 15) is 44.7 Å². The highest BCUT2D eigenvalue weighted by atomic mass is 19.4. The Balaban J connectivity index is 0.000000216. The number of hydrogen-bond donors (Lipinski definition) is 4. The molecular formula is C68H82F8N10O6. The molecule has 4 aliphatic heterocycles. The number of carbonyl (C=O) groups is 4. The molecule has 4 fully saturated rings. The SMILES string of the molecule is C[N+]1(C)CCN(Cc2cccc(C(=O)NCc3ccc(F)c(-c4cccc(CN5CCNCC5)c4)c3)c2)CC1.C[N+]1(C)CCN(Cc2cccc(C(=O)NCc3ccc(F)c(-c4cccc(CN5CCNCC5)c4)c3)c2)CC1.O=C([O-])C(F)(F)F.O=C([O-])C(F)(F)F. The second-order valence-electron chi connectivity index (χ2n) is 24.7. The fraction of sp³-hybridized carbons (Fsp3) is 0.412. The van der Waals surface area contributed by atoms with E-state index < -0.39 is 24.3 Å². The van der Waals surface area contributed by atoms with Crippen molar-refractivity contribution in [1.29, 1.82) is 0 Å². The van der Waals surface area contributed by atoms with Gasteiger partial charge in [0.05, 0.1) is 54.4 Å². The second kappa shape index (κ2) is 33.2. The summed E-state index contributed by atoms with van der Waals surface area (Å²) in [6, 6.07) is 42.3. The summed E-state index contributed by atoms with van der Waals surface area (Å²) < 4.78 is 95.0. The number of hydrogen-bond acceptors (Lipinski definition) is 12. The van der Waals surface area contributed by atoms with E-state index in [0.29, 0.717) is 35.3 Å². The molecule has 10 rings (SSSR count). The molecule has 0 saturated carbocycles. The number of piperazine rings is 4. The Morgan fingerprint density at radius 1 is 0.424 bits per heavy atom. The fourth-order valence-corrected chi connectivity index (χ4v) is 10.9. The van der Waals surface area contributed by atoms with E-state index in [0.717, 1.165) is 173 Å². The van der Waals surface area contributed by atoms with Crippen molar-refractivity contribution in [2.24, 2.45) is 0 Å². The molecule has 2 amide bonds. The first-order chi connectivity index (χ1) is 43.6. The van der Waals surface area contributed by atoms with Gasteiger partial charge < -0.3 is 50.0 Å². The normalized spacial score (nSPS) is 17.1. The molecule has 4 heterocycles. The zero-order valence-corrected chi connectivity index (χ0v) is 52.4. The summed E-state index contributed by atoms with van der Waals surface area (Å²) in [4.78, 5) is 53.3. The van der Waals surface area contributed by atoms with Gasteiger partial charge in [-0.1, -0.05) is 72.8 Å². The maximum absolute atomic E-state index is 14.9. The highest BCUT2D eigenvalue weighted by Crippen LogP contribution is 2.28. The first kappa shape index (κ1) is 71.8. The smallest absolute Gasteiger partial charge is 0.430 e. The molecular weight excluding hydrogens is 1200 g/mol. The minimum atomic E-state index is -5.19. The number of carbonyl (C=O) groups excluding carboxylic acids is 4. The van der Waals surface area contributed by atoms with Crippen LogP contribution in [0.1, 0.15) is 54.1 Å². The molecule has 0 bridgehead atoms. The number of nitrogens with one attached hydrogen (secondary N) is 4. The standard InChI is InChI=1S/2C32H40FN5O.2C2HF3O2/c2*1-38(2)17-15-37(16-18-38)24-27-6-4-8-29(20-27)32(39)35-22-25-9-10-31(33)30(21-25)28-7-3-5-26(19-28)23-36-13-11-34-12-14-36;2*3-2(4,5)1(6)7/h2*3-10,19-21,34H,11-18,22-24H2,1-2H3;2*(H,6,7). The Bertz CT molecular complexity index is 3190. The predicted octanol–water partition coefficient (Wildman–Crippen LogP) is 6.04. The van der Waals surface area contributed by atoms with E-state index in [4.69, 9.17) is 19.8 Å². The quantitative estimate of drug-likeness (QED) is 0.0655. The number of rotatable bonds is 16. The molecule has 0 spiro atoms. The molecule has 0 unspecified atom stereocenters. The van der Waals surface area contributed by atoms with Crippen molar-refractivity contribution >= 4 is 23.8 Å². The lowest BCUT2D eigenvalue weighted by Gasteiger charge is -2.39. The van der Waals surface area contributed by atoms with Crippen LogP contribution in [0.25, 0.3) is 22.3 Å². The van der Waals surface area contributed by atoms with Gasteiger partial charge >= 0.3 is 12.4 Å². The third-order valence-electron chi connectivity index (χ3n) is 16.4. The number of alkyl halides is 6. The Kier molecular flexibility index (Phi) is 25.9. The van der Waals surface area contributed by atoms with Crippen LogP contribution in [-0.4, -0.2) is 198 Å². The Morgan fingerprint density at radius 3 is 1.03 bits per heavy atom. The molecule has 4 saturated heterocycles. The average Bonchev–Trinajstić information content (AvgIpc) is 0.986. The molecule has 6 aromatic rings. The van der Waals surface area contributed by atoms with Crippen LogP contribution in [0, 0.1) is 11.6 Å². The summed E-state index contributed by atoms with van der Waals surface area (Å²) >= 11 is 0. The van der Waals surface area contributed by atoms with Gasteiger partial charge in [0.2, 0.25) is 0 Å². The molecule has 0 radical (unpaired) electrons. The van der Waals surface area contributed by atoms with Crippen LogP contribution < -0.4 is 31.5 Å². The highest BCUT2D eigenvalue weighted by molar-refractivity contribution is 5.95. The van der Waals surface area contributed by atoms with Crippen LogP contribution in [-0.2, 0) is 48.9 Å². The lowest BCUT2D eigenvalue weighted by atomic mass is 10.00. The van der Waals surface area contributed by atoms with Crippen LogP contribution in [0.5, 0.6) is 0 Å². The van der Waals surface area contributed by atoms with Crippen molar-refractivity contribution in [1.82, 2.24) is 40.9 Å². The molecule has 92 heavy (non-hydrogen) atoms. The molecule has 4 N–H and O–H groups in total. The lowest BCUT2D eigenvalue weighted by molar-refractivity contribution is -0.894. The topological polar surface area (TPSA) is 175 Å². The minimum absolute atomic E-state index is 0.114. The third kappa shape index (κ3) is 23.5. The zero-order valence-electron chi connectivity index (χ0n) is 52.4. The Morgan fingerprint density at radius 2 is 0.717 bits per heavy atom. The third-order valence-corrected chi connectivity index (χ3v) is 16.4. The van der Waals surface area contributed by atoms with E-state index in [1.54, 1.807) is 12.1 Å². The molecule has 496 valence electrons. The zero-order chi connectivity index (χ0) is 66.6. The van der Waals surface area contributed by atoms with Gasteiger partial charge in [-0.3, -0.25) is 29.2 Å². The first-order valence-electron chi connectivity index (χ1n) is 30.6. The van der Waals surface area contributed by atoms with Crippen molar-refractivity contribution in [3.63, 3.8) is 0 Å². The number of quaternary nitrogens is 2. The molecule has 4 aliphatic rings. The summed E-state index contributed by atoms with van der Waals surface area (Å²) in [6.45, 7) is 21.0. The predicted molar refractivity (Wildman–Crippen MR) is 332 cm³/mol. The summed E-state index contributed by atoms with van der Waals surface area (Å²) in [5.41, 5.74) is 10.6. The first-order valence-corrected chi connectivity index (χ1v) is 30.6. The van der Waals surface area contributed by atoms with Crippen molar-refractivity contribution in [3.8, 4) is 22.3 Å². The maximum atomic E-state index is 14.9. The molecule has 0 aliphatic carbocycles. The van der Waals surface area contributed by atoms with Crippen LogP contribution >= 0.6 is 0 Å². The van der Waals surface area contributed by atoms with Gasteiger partial charge in [-0.05, 0) is 105 Å². The number of carboxylic acid groups (broad SMARTS) is 2. The summed E-state index contributed by atoms with van der Waals surface area (Å²) in [7, 11) is 9.10. The summed E-state index contributed by atoms with van der Waals surface area (Å²) in [6.07, 6.45) is -10.4. The number of benzene rings is 6. The molecule has 16 nitrogen and oxygen atoms in total.